The van der Waals surface area contributed by atoms with Crippen LogP contribution in [0.5, 0.6) is 0 Å². The number of carbonyl (C=O) groups excluding carboxylic acids is 2. The van der Waals surface area contributed by atoms with Gasteiger partial charge >= 0.3 is 5.97 Å². The molecule has 0 aromatic carbocycles. The topological polar surface area (TPSA) is 95.9 Å². The van der Waals surface area contributed by atoms with Crippen molar-refractivity contribution in [2.45, 2.75) is 360 Å². The van der Waals surface area contributed by atoms with Gasteiger partial charge in [0.15, 0.2) is 0 Å². The summed E-state index contributed by atoms with van der Waals surface area (Å²) < 4.78 is 5.49. The maximum Gasteiger partial charge on any atom is 0.305 e. The Balaban J connectivity index is 3.46. The molecule has 3 N–H and O–H groups in total. The largest absolute Gasteiger partial charge is 0.466 e. The number of allylic oxidation sites excluding steroid dienone is 1. The molecule has 0 radical (unpaired) electrons. The number of hydrogen-bond donors (Lipinski definition) is 3. The first-order valence-electron chi connectivity index (χ1n) is 31.0. The Morgan fingerprint density at radius 2 is 0.676 bits per heavy atom. The number of nitrogens with one attached hydrogen (secondary N) is 1. The molecule has 0 rings (SSSR count). The Morgan fingerprint density at radius 3 is 1.00 bits per heavy atom. The molecule has 0 aliphatic rings. The summed E-state index contributed by atoms with van der Waals surface area (Å²) in [5.41, 5.74) is 0. The molecular weight excluding hydrogens is 839 g/mol. The van der Waals surface area contributed by atoms with Crippen molar-refractivity contribution >= 4 is 11.9 Å². The van der Waals surface area contributed by atoms with E-state index in [1.807, 2.05) is 6.08 Å². The van der Waals surface area contributed by atoms with Crippen molar-refractivity contribution in [3.8, 4) is 0 Å². The van der Waals surface area contributed by atoms with E-state index in [4.69, 9.17) is 4.74 Å². The minimum atomic E-state index is -0.855. The van der Waals surface area contributed by atoms with Crippen molar-refractivity contribution in [1.29, 1.82) is 0 Å². The second-order valence-corrected chi connectivity index (χ2v) is 21.4. The minimum absolute atomic E-state index is 0.00532. The number of esters is 1. The molecule has 0 aromatic heterocycles. The van der Waals surface area contributed by atoms with Crippen LogP contribution in [0.25, 0.3) is 0 Å². The van der Waals surface area contributed by atoms with Gasteiger partial charge in [-0.05, 0) is 32.1 Å². The summed E-state index contributed by atoms with van der Waals surface area (Å²) in [6.07, 6.45) is 69.6. The van der Waals surface area contributed by atoms with Gasteiger partial charge in [0.2, 0.25) is 5.91 Å². The van der Waals surface area contributed by atoms with E-state index in [1.165, 1.54) is 263 Å². The van der Waals surface area contributed by atoms with Gasteiger partial charge in [0.25, 0.3) is 0 Å². The lowest BCUT2D eigenvalue weighted by atomic mass is 10.0. The highest BCUT2D eigenvalue weighted by Crippen LogP contribution is 2.18. The summed E-state index contributed by atoms with van der Waals surface area (Å²) in [6.45, 7) is 4.91. The summed E-state index contributed by atoms with van der Waals surface area (Å²) in [7, 11) is 0. The van der Waals surface area contributed by atoms with Crippen molar-refractivity contribution in [3.63, 3.8) is 0 Å². The zero-order valence-electron chi connectivity index (χ0n) is 46.1. The number of hydrogen-bond acceptors (Lipinski definition) is 5. The van der Waals surface area contributed by atoms with Gasteiger partial charge in [-0.2, -0.15) is 0 Å². The fourth-order valence-electron chi connectivity index (χ4n) is 9.81. The van der Waals surface area contributed by atoms with Gasteiger partial charge in [0, 0.05) is 12.8 Å². The molecule has 404 valence electrons. The van der Waals surface area contributed by atoms with Crippen LogP contribution < -0.4 is 5.32 Å². The third kappa shape index (κ3) is 53.9. The molecule has 2 unspecified atom stereocenters. The molecule has 1 amide bonds. The summed E-state index contributed by atoms with van der Waals surface area (Å²) >= 11 is 0. The van der Waals surface area contributed by atoms with Gasteiger partial charge in [0.1, 0.15) is 0 Å². The van der Waals surface area contributed by atoms with E-state index in [0.717, 1.165) is 57.8 Å². The van der Waals surface area contributed by atoms with Crippen LogP contribution in [0.1, 0.15) is 348 Å². The van der Waals surface area contributed by atoms with Crippen molar-refractivity contribution < 1.29 is 24.5 Å². The Hall–Kier alpha value is -1.40. The molecule has 0 aliphatic heterocycles. The fraction of sp³-hybridized carbons (Fsp3) is 0.935. The van der Waals surface area contributed by atoms with Crippen molar-refractivity contribution in [2.75, 3.05) is 13.2 Å². The lowest BCUT2D eigenvalue weighted by Gasteiger charge is -2.20. The first-order chi connectivity index (χ1) is 33.5. The lowest BCUT2D eigenvalue weighted by molar-refractivity contribution is -0.143. The highest BCUT2D eigenvalue weighted by molar-refractivity contribution is 5.76. The van der Waals surface area contributed by atoms with Crippen molar-refractivity contribution in [2.24, 2.45) is 0 Å². The second-order valence-electron chi connectivity index (χ2n) is 21.4. The van der Waals surface area contributed by atoms with Gasteiger partial charge in [-0.15, -0.1) is 0 Å². The van der Waals surface area contributed by atoms with Crippen LogP contribution >= 0.6 is 0 Å². The van der Waals surface area contributed by atoms with Crippen LogP contribution in [0.3, 0.4) is 0 Å². The molecular formula is C62H121NO5. The smallest absolute Gasteiger partial charge is 0.305 e. The fourth-order valence-corrected chi connectivity index (χ4v) is 9.81. The van der Waals surface area contributed by atoms with Crippen molar-refractivity contribution in [3.05, 3.63) is 12.2 Å². The number of aliphatic hydroxyl groups is 2. The van der Waals surface area contributed by atoms with Crippen molar-refractivity contribution in [1.82, 2.24) is 5.32 Å². The molecule has 6 heteroatoms. The van der Waals surface area contributed by atoms with Crippen LogP contribution in [0.4, 0.5) is 0 Å². The molecule has 0 saturated carbocycles. The molecule has 68 heavy (non-hydrogen) atoms. The Morgan fingerprint density at radius 1 is 0.397 bits per heavy atom. The van der Waals surface area contributed by atoms with Gasteiger partial charge < -0.3 is 20.3 Å². The Labute approximate surface area is 425 Å². The zero-order chi connectivity index (χ0) is 49.3. The van der Waals surface area contributed by atoms with Crippen LogP contribution in [0.2, 0.25) is 0 Å². The van der Waals surface area contributed by atoms with Gasteiger partial charge in [-0.3, -0.25) is 9.59 Å². The summed E-state index contributed by atoms with van der Waals surface area (Å²) in [5, 5.41) is 23.2. The quantitative estimate of drug-likeness (QED) is 0.0321. The summed E-state index contributed by atoms with van der Waals surface area (Å²) in [4.78, 5) is 24.6. The molecule has 0 spiro atoms. The minimum Gasteiger partial charge on any atom is -0.466 e. The number of carbonyl (C=O) groups is 2. The summed E-state index contributed by atoms with van der Waals surface area (Å²) in [5.74, 6) is -0.0846. The van der Waals surface area contributed by atoms with E-state index in [0.29, 0.717) is 19.4 Å². The molecule has 0 saturated heterocycles. The molecule has 2 atom stereocenters. The second kappa shape index (κ2) is 58.2. The maximum absolute atomic E-state index is 12.5. The first-order valence-corrected chi connectivity index (χ1v) is 31.0. The SMILES string of the molecule is CCCCCCCCCCCCCCCCCCCCC/C=C/C(O)C(CO)NC(=O)CCCCCCCCCCCCCCOC(=O)CCCCCCCCCCCCCCCCCCCC. The Bertz CT molecular complexity index is 1020. The number of rotatable bonds is 58. The van der Waals surface area contributed by atoms with E-state index < -0.39 is 12.1 Å². The van der Waals surface area contributed by atoms with Crippen LogP contribution in [-0.4, -0.2) is 47.4 Å². The third-order valence-electron chi connectivity index (χ3n) is 14.6. The van der Waals surface area contributed by atoms with Crippen LogP contribution in [0.15, 0.2) is 12.2 Å². The number of unbranched alkanes of at least 4 members (excludes halogenated alkanes) is 47. The number of ether oxygens (including phenoxy) is 1. The first kappa shape index (κ1) is 66.6. The van der Waals surface area contributed by atoms with Crippen LogP contribution in [0, 0.1) is 0 Å². The van der Waals surface area contributed by atoms with Crippen LogP contribution in [-0.2, 0) is 14.3 Å². The number of aliphatic hydroxyl groups excluding tert-OH is 2. The maximum atomic E-state index is 12.5. The van der Waals surface area contributed by atoms with E-state index in [1.54, 1.807) is 6.08 Å². The van der Waals surface area contributed by atoms with E-state index in [9.17, 15) is 19.8 Å². The lowest BCUT2D eigenvalue weighted by Crippen LogP contribution is -2.45. The zero-order valence-corrected chi connectivity index (χ0v) is 46.1. The monoisotopic (exact) mass is 960 g/mol. The predicted molar refractivity (Wildman–Crippen MR) is 297 cm³/mol. The molecule has 0 bridgehead atoms. The molecule has 0 heterocycles. The average molecular weight is 961 g/mol. The predicted octanol–water partition coefficient (Wildman–Crippen LogP) is 19.2. The van der Waals surface area contributed by atoms with Gasteiger partial charge in [-0.1, -0.05) is 315 Å². The van der Waals surface area contributed by atoms with Gasteiger partial charge in [0.05, 0.1) is 25.4 Å². The van der Waals surface area contributed by atoms with E-state index in [2.05, 4.69) is 19.2 Å². The normalized spacial score (nSPS) is 12.6. The van der Waals surface area contributed by atoms with E-state index >= 15 is 0 Å². The highest BCUT2D eigenvalue weighted by Gasteiger charge is 2.18. The van der Waals surface area contributed by atoms with E-state index in [-0.39, 0.29) is 18.5 Å². The Kier molecular flexibility index (Phi) is 57.0. The molecule has 0 fully saturated rings. The molecule has 6 nitrogen and oxygen atoms in total. The molecule has 0 aromatic rings. The molecule has 0 aliphatic carbocycles. The summed E-state index contributed by atoms with van der Waals surface area (Å²) in [6, 6.07) is -0.639. The average Bonchev–Trinajstić information content (AvgIpc) is 3.34. The highest BCUT2D eigenvalue weighted by atomic mass is 16.5. The third-order valence-corrected chi connectivity index (χ3v) is 14.6. The standard InChI is InChI=1S/C62H121NO5/c1-3-5-7-9-11-13-15-17-19-21-23-24-25-26-28-30-34-38-42-46-50-54-60(65)59(58-64)63-61(66)55-51-47-43-39-35-32-33-37-41-45-49-53-57-68-62(67)56-52-48-44-40-36-31-29-27-22-20-18-16-14-12-10-8-6-4-2/h50,54,59-60,64-65H,3-49,51-53,55-58H2,1-2H3,(H,63,66)/b54-50+. The number of amides is 1. The van der Waals surface area contributed by atoms with Gasteiger partial charge in [-0.25, -0.2) is 0 Å².